The van der Waals surface area contributed by atoms with Gasteiger partial charge in [0.15, 0.2) is 0 Å². The Morgan fingerprint density at radius 1 is 1.75 bits per heavy atom. The molecule has 0 saturated heterocycles. The van der Waals surface area contributed by atoms with E-state index < -0.39 is 5.97 Å². The van der Waals surface area contributed by atoms with E-state index in [9.17, 15) is 4.79 Å². The maximum absolute atomic E-state index is 10.2. The lowest BCUT2D eigenvalue weighted by Gasteiger charge is -2.06. The summed E-state index contributed by atoms with van der Waals surface area (Å²) in [7, 11) is 3.23. The Hall–Kier alpha value is -0.280. The van der Waals surface area contributed by atoms with E-state index in [0.717, 1.165) is 0 Å². The maximum Gasteiger partial charge on any atom is 0.339 e. The fraction of sp³-hybridized carbons (Fsp3) is 0.750. The standard InChI is InChI=1S/C4H8ClNO2/c1-6(2)8-4(7)3-5/h3H2,1-2H3. The molecule has 0 aliphatic heterocycles. The SMILES string of the molecule is CN(C)OC(=O)CCl. The molecule has 0 aromatic carbocycles. The highest BCUT2D eigenvalue weighted by molar-refractivity contribution is 6.26. The summed E-state index contributed by atoms with van der Waals surface area (Å²) in [6, 6.07) is 0. The van der Waals surface area contributed by atoms with Crippen molar-refractivity contribution in [1.82, 2.24) is 5.06 Å². The summed E-state index contributed by atoms with van der Waals surface area (Å²) >= 11 is 5.09. The lowest BCUT2D eigenvalue weighted by Crippen LogP contribution is -2.18. The van der Waals surface area contributed by atoms with Crippen LogP contribution >= 0.6 is 11.6 Å². The van der Waals surface area contributed by atoms with Crippen LogP contribution in [0.2, 0.25) is 0 Å². The zero-order valence-electron chi connectivity index (χ0n) is 4.85. The van der Waals surface area contributed by atoms with Crippen molar-refractivity contribution in [3.05, 3.63) is 0 Å². The molecule has 0 spiro atoms. The molecule has 0 fully saturated rings. The van der Waals surface area contributed by atoms with Crippen LogP contribution < -0.4 is 0 Å². The van der Waals surface area contributed by atoms with Crippen LogP contribution in [0.4, 0.5) is 0 Å². The van der Waals surface area contributed by atoms with Gasteiger partial charge in [-0.3, -0.25) is 0 Å². The summed E-state index contributed by atoms with van der Waals surface area (Å²) in [4.78, 5) is 14.7. The van der Waals surface area contributed by atoms with Crippen molar-refractivity contribution in [1.29, 1.82) is 0 Å². The number of hydrogen-bond donors (Lipinski definition) is 0. The van der Waals surface area contributed by atoms with Gasteiger partial charge in [-0.15, -0.1) is 16.7 Å². The van der Waals surface area contributed by atoms with E-state index >= 15 is 0 Å². The minimum atomic E-state index is -0.434. The Bertz CT molecular complexity index is 84.1. The number of carbonyl (C=O) groups excluding carboxylic acids is 1. The number of hydrogen-bond acceptors (Lipinski definition) is 3. The van der Waals surface area contributed by atoms with Crippen molar-refractivity contribution in [2.75, 3.05) is 20.0 Å². The summed E-state index contributed by atoms with van der Waals surface area (Å²) in [5.74, 6) is -0.533. The molecule has 0 amide bonds. The summed E-state index contributed by atoms with van der Waals surface area (Å²) in [5.41, 5.74) is 0. The first-order valence-electron chi connectivity index (χ1n) is 2.11. The molecule has 0 aromatic rings. The average Bonchev–Trinajstić information content (AvgIpc) is 1.65. The molecule has 0 N–H and O–H groups in total. The third kappa shape index (κ3) is 3.89. The summed E-state index contributed by atoms with van der Waals surface area (Å²) in [6.07, 6.45) is 0. The molecular weight excluding hydrogens is 130 g/mol. The first-order valence-corrected chi connectivity index (χ1v) is 2.64. The third-order valence-corrected chi connectivity index (χ3v) is 0.612. The number of rotatable bonds is 2. The molecule has 0 aromatic heterocycles. The van der Waals surface area contributed by atoms with Gasteiger partial charge in [-0.1, -0.05) is 0 Å². The molecule has 0 aliphatic carbocycles. The van der Waals surface area contributed by atoms with Crippen LogP contribution in [0.1, 0.15) is 0 Å². The van der Waals surface area contributed by atoms with Crippen molar-refractivity contribution in [3.63, 3.8) is 0 Å². The van der Waals surface area contributed by atoms with Crippen LogP contribution in [0, 0.1) is 0 Å². The Balaban J connectivity index is 3.25. The minimum Gasteiger partial charge on any atom is -0.367 e. The first kappa shape index (κ1) is 7.72. The van der Waals surface area contributed by atoms with Gasteiger partial charge in [0.05, 0.1) is 0 Å². The van der Waals surface area contributed by atoms with E-state index in [1.807, 2.05) is 0 Å². The molecule has 0 aliphatic rings. The van der Waals surface area contributed by atoms with Gasteiger partial charge in [0.25, 0.3) is 0 Å². The zero-order chi connectivity index (χ0) is 6.57. The van der Waals surface area contributed by atoms with Crippen LogP contribution in [-0.4, -0.2) is 31.0 Å². The number of nitrogens with zero attached hydrogens (tertiary/aromatic N) is 1. The largest absolute Gasteiger partial charge is 0.367 e. The van der Waals surface area contributed by atoms with Crippen LogP contribution in [0.3, 0.4) is 0 Å². The van der Waals surface area contributed by atoms with Gasteiger partial charge in [0, 0.05) is 14.1 Å². The second-order valence-corrected chi connectivity index (χ2v) is 1.68. The van der Waals surface area contributed by atoms with Gasteiger partial charge in [-0.2, -0.15) is 0 Å². The molecule has 0 rings (SSSR count). The topological polar surface area (TPSA) is 29.5 Å². The molecule has 0 saturated carbocycles. The highest BCUT2D eigenvalue weighted by Gasteiger charge is 1.98. The van der Waals surface area contributed by atoms with Crippen molar-refractivity contribution >= 4 is 17.6 Å². The van der Waals surface area contributed by atoms with E-state index in [0.29, 0.717) is 0 Å². The molecule has 0 unspecified atom stereocenters. The predicted octanol–water partition coefficient (Wildman–Crippen LogP) is 0.245. The summed E-state index contributed by atoms with van der Waals surface area (Å²) < 4.78 is 0. The van der Waals surface area contributed by atoms with E-state index in [-0.39, 0.29) is 5.88 Å². The van der Waals surface area contributed by atoms with E-state index in [2.05, 4.69) is 4.84 Å². The first-order chi connectivity index (χ1) is 3.66. The van der Waals surface area contributed by atoms with E-state index in [4.69, 9.17) is 11.6 Å². The highest BCUT2D eigenvalue weighted by atomic mass is 35.5. The van der Waals surface area contributed by atoms with Gasteiger partial charge in [-0.25, -0.2) is 4.79 Å². The Labute approximate surface area is 53.1 Å². The second kappa shape index (κ2) is 3.69. The normalized spacial score (nSPS) is 9.50. The van der Waals surface area contributed by atoms with Crippen LogP contribution in [-0.2, 0) is 9.63 Å². The van der Waals surface area contributed by atoms with Crippen molar-refractivity contribution in [2.24, 2.45) is 0 Å². The Morgan fingerprint density at radius 2 is 2.25 bits per heavy atom. The monoisotopic (exact) mass is 137 g/mol. The predicted molar refractivity (Wildman–Crippen MR) is 30.5 cm³/mol. The van der Waals surface area contributed by atoms with Gasteiger partial charge >= 0.3 is 5.97 Å². The number of hydroxylamine groups is 2. The lowest BCUT2D eigenvalue weighted by atomic mass is 10.8. The molecule has 0 atom stereocenters. The molecule has 0 radical (unpaired) electrons. The number of halogens is 1. The molecule has 0 heterocycles. The fourth-order valence-corrected chi connectivity index (χ4v) is 0.277. The van der Waals surface area contributed by atoms with Crippen LogP contribution in [0.15, 0.2) is 0 Å². The molecule has 8 heavy (non-hydrogen) atoms. The Morgan fingerprint density at radius 3 is 2.38 bits per heavy atom. The molecule has 48 valence electrons. The van der Waals surface area contributed by atoms with Crippen molar-refractivity contribution in [3.8, 4) is 0 Å². The lowest BCUT2D eigenvalue weighted by molar-refractivity contribution is -0.174. The smallest absolute Gasteiger partial charge is 0.339 e. The average molecular weight is 138 g/mol. The van der Waals surface area contributed by atoms with Gasteiger partial charge in [0.2, 0.25) is 0 Å². The highest BCUT2D eigenvalue weighted by Crippen LogP contribution is 1.83. The van der Waals surface area contributed by atoms with Gasteiger partial charge in [-0.05, 0) is 0 Å². The molecule has 0 bridgehead atoms. The summed E-state index contributed by atoms with van der Waals surface area (Å²) in [6.45, 7) is 0. The van der Waals surface area contributed by atoms with E-state index in [1.54, 1.807) is 14.1 Å². The third-order valence-electron chi connectivity index (χ3n) is 0.394. The molecule has 4 heteroatoms. The van der Waals surface area contributed by atoms with Gasteiger partial charge < -0.3 is 4.84 Å². The zero-order valence-corrected chi connectivity index (χ0v) is 5.60. The second-order valence-electron chi connectivity index (χ2n) is 1.41. The number of alkyl halides is 1. The minimum absolute atomic E-state index is 0.0990. The van der Waals surface area contributed by atoms with Crippen LogP contribution in [0.5, 0.6) is 0 Å². The van der Waals surface area contributed by atoms with Gasteiger partial charge in [0.1, 0.15) is 5.88 Å². The molecular formula is C4H8ClNO2. The summed E-state index contributed by atoms with van der Waals surface area (Å²) in [5, 5.41) is 1.30. The van der Waals surface area contributed by atoms with Crippen LogP contribution in [0.25, 0.3) is 0 Å². The van der Waals surface area contributed by atoms with E-state index in [1.165, 1.54) is 5.06 Å². The molecule has 3 nitrogen and oxygen atoms in total. The number of carbonyl (C=O) groups is 1. The maximum atomic E-state index is 10.2. The Kier molecular flexibility index (Phi) is 3.56. The van der Waals surface area contributed by atoms with Crippen molar-refractivity contribution < 1.29 is 9.63 Å². The fourth-order valence-electron chi connectivity index (χ4n) is 0.228. The van der Waals surface area contributed by atoms with Crippen molar-refractivity contribution in [2.45, 2.75) is 0 Å². The quantitative estimate of drug-likeness (QED) is 0.404.